The number of nitrogens with one attached hydrogen (secondary N) is 2. The van der Waals surface area contributed by atoms with Crippen LogP contribution < -0.4 is 10.6 Å². The zero-order valence-corrected chi connectivity index (χ0v) is 16.2. The molecular weight excluding hydrogens is 352 g/mol. The van der Waals surface area contributed by atoms with Crippen molar-refractivity contribution in [1.29, 1.82) is 0 Å². The van der Waals surface area contributed by atoms with Crippen molar-refractivity contribution in [2.75, 3.05) is 13.7 Å². The van der Waals surface area contributed by atoms with Crippen LogP contribution in [0.25, 0.3) is 0 Å². The Balaban J connectivity index is 2.33. The lowest BCUT2D eigenvalue weighted by Gasteiger charge is -2.22. The Morgan fingerprint density at radius 2 is 1.74 bits per heavy atom. The molecule has 0 spiro atoms. The zero-order valence-electron chi connectivity index (χ0n) is 16.2. The fourth-order valence-electron chi connectivity index (χ4n) is 2.11. The summed E-state index contributed by atoms with van der Waals surface area (Å²) in [6, 6.07) is 8.47. The van der Waals surface area contributed by atoms with Crippen molar-refractivity contribution in [2.24, 2.45) is 0 Å². The molecule has 0 aromatic heterocycles. The summed E-state index contributed by atoms with van der Waals surface area (Å²) in [5, 5.41) is 5.08. The van der Waals surface area contributed by atoms with Crippen LogP contribution >= 0.6 is 0 Å². The van der Waals surface area contributed by atoms with Crippen LogP contribution in [0.3, 0.4) is 0 Å². The van der Waals surface area contributed by atoms with Gasteiger partial charge in [-0.1, -0.05) is 30.3 Å². The van der Waals surface area contributed by atoms with Gasteiger partial charge in [0, 0.05) is 6.54 Å². The second-order valence-corrected chi connectivity index (χ2v) is 6.85. The average Bonchev–Trinajstić information content (AvgIpc) is 2.61. The van der Waals surface area contributed by atoms with E-state index in [0.717, 1.165) is 5.56 Å². The maximum Gasteiger partial charge on any atom is 0.408 e. The number of alkyl carbamates (subject to hydrolysis) is 2. The van der Waals surface area contributed by atoms with Gasteiger partial charge < -0.3 is 24.8 Å². The minimum absolute atomic E-state index is 0.178. The van der Waals surface area contributed by atoms with Crippen LogP contribution in [0.1, 0.15) is 39.2 Å². The topological polar surface area (TPSA) is 103 Å². The van der Waals surface area contributed by atoms with Crippen LogP contribution in [0.5, 0.6) is 0 Å². The largest absolute Gasteiger partial charge is 0.467 e. The van der Waals surface area contributed by atoms with E-state index in [1.165, 1.54) is 7.11 Å². The van der Waals surface area contributed by atoms with Gasteiger partial charge in [0.25, 0.3) is 0 Å². The summed E-state index contributed by atoms with van der Waals surface area (Å²) < 4.78 is 14.9. The van der Waals surface area contributed by atoms with Crippen molar-refractivity contribution in [1.82, 2.24) is 10.6 Å². The monoisotopic (exact) mass is 380 g/mol. The fourth-order valence-corrected chi connectivity index (χ4v) is 2.11. The summed E-state index contributed by atoms with van der Waals surface area (Å²) >= 11 is 0. The molecule has 2 N–H and O–H groups in total. The van der Waals surface area contributed by atoms with Crippen molar-refractivity contribution in [3.8, 4) is 0 Å². The maximum atomic E-state index is 11.8. The van der Waals surface area contributed by atoms with Crippen LogP contribution in [0.4, 0.5) is 9.59 Å². The molecule has 1 aromatic rings. The lowest BCUT2D eigenvalue weighted by atomic mass is 10.1. The number of carbonyl (C=O) groups is 3. The van der Waals surface area contributed by atoms with Gasteiger partial charge in [-0.25, -0.2) is 14.4 Å². The van der Waals surface area contributed by atoms with E-state index in [1.807, 2.05) is 30.3 Å². The molecule has 0 bridgehead atoms. The van der Waals surface area contributed by atoms with E-state index < -0.39 is 29.8 Å². The number of benzene rings is 1. The van der Waals surface area contributed by atoms with Crippen molar-refractivity contribution in [2.45, 2.75) is 51.9 Å². The van der Waals surface area contributed by atoms with Crippen molar-refractivity contribution in [3.05, 3.63) is 35.9 Å². The highest BCUT2D eigenvalue weighted by molar-refractivity contribution is 5.81. The van der Waals surface area contributed by atoms with Crippen LogP contribution in [-0.4, -0.2) is 43.5 Å². The van der Waals surface area contributed by atoms with Crippen molar-refractivity contribution in [3.63, 3.8) is 0 Å². The first-order valence-corrected chi connectivity index (χ1v) is 8.73. The molecule has 0 aliphatic heterocycles. The highest BCUT2D eigenvalue weighted by Crippen LogP contribution is 2.08. The number of amides is 2. The molecule has 0 aliphatic carbocycles. The molecule has 0 saturated carbocycles. The smallest absolute Gasteiger partial charge is 0.408 e. The Morgan fingerprint density at radius 1 is 1.07 bits per heavy atom. The van der Waals surface area contributed by atoms with Gasteiger partial charge in [0.05, 0.1) is 7.11 Å². The second-order valence-electron chi connectivity index (χ2n) is 6.85. The van der Waals surface area contributed by atoms with E-state index in [1.54, 1.807) is 20.8 Å². The molecule has 0 radical (unpaired) electrons. The lowest BCUT2D eigenvalue weighted by molar-refractivity contribution is -0.143. The quantitative estimate of drug-likeness (QED) is 0.408. The number of carbonyl (C=O) groups excluding carboxylic acids is 3. The van der Waals surface area contributed by atoms with E-state index in [0.29, 0.717) is 6.42 Å². The Kier molecular flexibility index (Phi) is 9.12. The molecule has 2 amide bonds. The third-order valence-corrected chi connectivity index (χ3v) is 3.33. The molecule has 0 fully saturated rings. The first-order valence-electron chi connectivity index (χ1n) is 8.73. The molecule has 1 atom stereocenters. The second kappa shape index (κ2) is 11.1. The molecule has 8 heteroatoms. The first kappa shape index (κ1) is 22.3. The molecule has 1 rings (SSSR count). The van der Waals surface area contributed by atoms with Crippen LogP contribution in [0, 0.1) is 0 Å². The molecule has 0 saturated heterocycles. The summed E-state index contributed by atoms with van der Waals surface area (Å²) in [7, 11) is 1.24. The molecule has 1 unspecified atom stereocenters. The van der Waals surface area contributed by atoms with Crippen LogP contribution in [-0.2, 0) is 25.6 Å². The van der Waals surface area contributed by atoms with Gasteiger partial charge in [0.1, 0.15) is 18.2 Å². The minimum Gasteiger partial charge on any atom is -0.467 e. The van der Waals surface area contributed by atoms with Gasteiger partial charge >= 0.3 is 18.2 Å². The number of methoxy groups -OCH3 is 1. The number of rotatable bonds is 8. The summed E-state index contributed by atoms with van der Waals surface area (Å²) in [6.45, 7) is 5.65. The summed E-state index contributed by atoms with van der Waals surface area (Å²) in [5.74, 6) is -0.576. The van der Waals surface area contributed by atoms with Crippen LogP contribution in [0.15, 0.2) is 30.3 Å². The Bertz CT molecular complexity index is 612. The van der Waals surface area contributed by atoms with Crippen molar-refractivity contribution < 1.29 is 28.6 Å². The predicted octanol–water partition coefficient (Wildman–Crippen LogP) is 2.76. The third kappa shape index (κ3) is 10.1. The summed E-state index contributed by atoms with van der Waals surface area (Å²) in [4.78, 5) is 35.3. The minimum atomic E-state index is -0.855. The van der Waals surface area contributed by atoms with Gasteiger partial charge in [-0.05, 0) is 39.2 Å². The molecular formula is C19H28N2O6. The third-order valence-electron chi connectivity index (χ3n) is 3.33. The average molecular weight is 380 g/mol. The Hall–Kier alpha value is -2.77. The standard InChI is InChI=1S/C19H28N2O6/c1-19(2,3)27-18(24)21-15(16(22)25-4)11-8-12-20-17(23)26-13-14-9-6-5-7-10-14/h5-7,9-10,15H,8,11-13H2,1-4H3,(H,20,23)(H,21,24). The zero-order chi connectivity index (χ0) is 20.3. The molecule has 8 nitrogen and oxygen atoms in total. The van der Waals surface area contributed by atoms with Gasteiger partial charge in [0.2, 0.25) is 0 Å². The van der Waals surface area contributed by atoms with Gasteiger partial charge in [-0.2, -0.15) is 0 Å². The van der Waals surface area contributed by atoms with E-state index in [9.17, 15) is 14.4 Å². The van der Waals surface area contributed by atoms with Gasteiger partial charge in [-0.15, -0.1) is 0 Å². The van der Waals surface area contributed by atoms with E-state index in [4.69, 9.17) is 9.47 Å². The molecule has 27 heavy (non-hydrogen) atoms. The highest BCUT2D eigenvalue weighted by Gasteiger charge is 2.24. The Labute approximate surface area is 159 Å². The SMILES string of the molecule is COC(=O)C(CCCNC(=O)OCc1ccccc1)NC(=O)OC(C)(C)C. The van der Waals surface area contributed by atoms with Gasteiger partial charge in [0.15, 0.2) is 0 Å². The normalized spacial score (nSPS) is 11.9. The van der Waals surface area contributed by atoms with E-state index >= 15 is 0 Å². The molecule has 150 valence electrons. The number of ether oxygens (including phenoxy) is 3. The van der Waals surface area contributed by atoms with Crippen molar-refractivity contribution >= 4 is 18.2 Å². The number of esters is 1. The highest BCUT2D eigenvalue weighted by atomic mass is 16.6. The molecule has 0 heterocycles. The maximum absolute atomic E-state index is 11.8. The van der Waals surface area contributed by atoms with Gasteiger partial charge in [-0.3, -0.25) is 0 Å². The summed E-state index contributed by atoms with van der Waals surface area (Å²) in [6.07, 6.45) is -0.525. The van der Waals surface area contributed by atoms with E-state index in [2.05, 4.69) is 15.4 Å². The lowest BCUT2D eigenvalue weighted by Crippen LogP contribution is -2.44. The van der Waals surface area contributed by atoms with E-state index in [-0.39, 0.29) is 19.6 Å². The van der Waals surface area contributed by atoms with Crippen LogP contribution in [0.2, 0.25) is 0 Å². The number of hydrogen-bond acceptors (Lipinski definition) is 6. The number of hydrogen-bond donors (Lipinski definition) is 2. The molecule has 0 aliphatic rings. The fraction of sp³-hybridized carbons (Fsp3) is 0.526. The first-order chi connectivity index (χ1) is 12.7. The summed E-state index contributed by atoms with van der Waals surface area (Å²) in [5.41, 5.74) is 0.217. The Morgan fingerprint density at radius 3 is 2.33 bits per heavy atom. The predicted molar refractivity (Wildman–Crippen MR) is 99.0 cm³/mol. The molecule has 1 aromatic carbocycles.